The van der Waals surface area contributed by atoms with E-state index in [1.807, 2.05) is 0 Å². The highest BCUT2D eigenvalue weighted by Gasteiger charge is 2.31. The predicted molar refractivity (Wildman–Crippen MR) is 70.3 cm³/mol. The highest BCUT2D eigenvalue weighted by molar-refractivity contribution is 5.83. The SMILES string of the molecule is CC1C(=O)CCC1Cc1ccn(C2CCCC2)n1. The van der Waals surface area contributed by atoms with Gasteiger partial charge < -0.3 is 0 Å². The van der Waals surface area contributed by atoms with Gasteiger partial charge in [0.25, 0.3) is 0 Å². The Kier molecular flexibility index (Phi) is 3.23. The van der Waals surface area contributed by atoms with Gasteiger partial charge in [-0.25, -0.2) is 0 Å². The molecule has 2 aliphatic carbocycles. The van der Waals surface area contributed by atoms with Crippen molar-refractivity contribution in [1.82, 2.24) is 9.78 Å². The number of rotatable bonds is 3. The summed E-state index contributed by atoms with van der Waals surface area (Å²) < 4.78 is 2.16. The Bertz CT molecular complexity index is 431. The van der Waals surface area contributed by atoms with Crippen molar-refractivity contribution in [2.75, 3.05) is 0 Å². The third-order valence-corrected chi connectivity index (χ3v) is 4.81. The molecule has 2 aliphatic rings. The molecular formula is C15H22N2O. The van der Waals surface area contributed by atoms with Crippen LogP contribution in [-0.2, 0) is 11.2 Å². The number of aromatic nitrogens is 2. The van der Waals surface area contributed by atoms with Gasteiger partial charge in [0.1, 0.15) is 5.78 Å². The fourth-order valence-corrected chi connectivity index (χ4v) is 3.47. The van der Waals surface area contributed by atoms with Gasteiger partial charge in [-0.3, -0.25) is 9.48 Å². The van der Waals surface area contributed by atoms with Crippen molar-refractivity contribution in [1.29, 1.82) is 0 Å². The maximum absolute atomic E-state index is 11.6. The van der Waals surface area contributed by atoms with E-state index in [0.717, 1.165) is 19.3 Å². The van der Waals surface area contributed by atoms with Gasteiger partial charge in [-0.05, 0) is 37.7 Å². The summed E-state index contributed by atoms with van der Waals surface area (Å²) in [6, 6.07) is 2.77. The first-order valence-electron chi connectivity index (χ1n) is 7.31. The van der Waals surface area contributed by atoms with Crippen LogP contribution in [0, 0.1) is 11.8 Å². The molecule has 2 unspecified atom stereocenters. The van der Waals surface area contributed by atoms with E-state index >= 15 is 0 Å². The second kappa shape index (κ2) is 4.87. The smallest absolute Gasteiger partial charge is 0.136 e. The monoisotopic (exact) mass is 246 g/mol. The van der Waals surface area contributed by atoms with Crippen molar-refractivity contribution < 1.29 is 4.79 Å². The van der Waals surface area contributed by atoms with Gasteiger partial charge in [0.2, 0.25) is 0 Å². The molecule has 1 aromatic heterocycles. The summed E-state index contributed by atoms with van der Waals surface area (Å²) in [7, 11) is 0. The number of hydrogen-bond donors (Lipinski definition) is 0. The Morgan fingerprint density at radius 2 is 2.11 bits per heavy atom. The van der Waals surface area contributed by atoms with E-state index in [9.17, 15) is 4.79 Å². The van der Waals surface area contributed by atoms with E-state index in [2.05, 4.69) is 23.9 Å². The van der Waals surface area contributed by atoms with E-state index in [0.29, 0.717) is 17.7 Å². The summed E-state index contributed by atoms with van der Waals surface area (Å²) in [4.78, 5) is 11.6. The van der Waals surface area contributed by atoms with E-state index in [-0.39, 0.29) is 5.92 Å². The third kappa shape index (κ3) is 2.23. The average molecular weight is 246 g/mol. The Hall–Kier alpha value is -1.12. The molecule has 3 rings (SSSR count). The molecule has 3 heteroatoms. The number of Topliss-reactive ketones (excluding diaryl/α,β-unsaturated/α-hetero) is 1. The lowest BCUT2D eigenvalue weighted by atomic mass is 9.93. The third-order valence-electron chi connectivity index (χ3n) is 4.81. The molecule has 1 heterocycles. The first-order valence-corrected chi connectivity index (χ1v) is 7.31. The van der Waals surface area contributed by atoms with Crippen LogP contribution >= 0.6 is 0 Å². The standard InChI is InChI=1S/C15H22N2O/c1-11-12(6-7-15(11)18)10-13-8-9-17(16-13)14-4-2-3-5-14/h8-9,11-12,14H,2-7,10H2,1H3. The van der Waals surface area contributed by atoms with Gasteiger partial charge in [-0.2, -0.15) is 5.10 Å². The van der Waals surface area contributed by atoms with Crippen LogP contribution in [0.15, 0.2) is 12.3 Å². The van der Waals surface area contributed by atoms with E-state index in [1.165, 1.54) is 31.4 Å². The largest absolute Gasteiger partial charge is 0.299 e. The van der Waals surface area contributed by atoms with Gasteiger partial charge in [-0.1, -0.05) is 19.8 Å². The molecule has 0 N–H and O–H groups in total. The molecule has 0 aliphatic heterocycles. The van der Waals surface area contributed by atoms with Gasteiger partial charge >= 0.3 is 0 Å². The van der Waals surface area contributed by atoms with Crippen LogP contribution in [0.5, 0.6) is 0 Å². The molecule has 0 bridgehead atoms. The molecule has 2 atom stereocenters. The molecule has 2 saturated carbocycles. The Morgan fingerprint density at radius 1 is 1.33 bits per heavy atom. The number of carbonyl (C=O) groups is 1. The number of carbonyl (C=O) groups excluding carboxylic acids is 1. The van der Waals surface area contributed by atoms with Crippen LogP contribution in [0.4, 0.5) is 0 Å². The minimum atomic E-state index is 0.238. The average Bonchev–Trinajstić information content (AvgIpc) is 3.06. The molecule has 0 saturated heterocycles. The lowest BCUT2D eigenvalue weighted by Crippen LogP contribution is -2.13. The molecule has 0 spiro atoms. The highest BCUT2D eigenvalue weighted by Crippen LogP contribution is 2.32. The Labute approximate surface area is 109 Å². The normalized spacial score (nSPS) is 29.3. The number of nitrogens with zero attached hydrogens (tertiary/aromatic N) is 2. The summed E-state index contributed by atoms with van der Waals surface area (Å²) in [5.41, 5.74) is 1.17. The zero-order valence-electron chi connectivity index (χ0n) is 11.1. The lowest BCUT2D eigenvalue weighted by molar-refractivity contribution is -0.120. The van der Waals surface area contributed by atoms with Gasteiger partial charge in [0.05, 0.1) is 11.7 Å². The Balaban J connectivity index is 1.65. The minimum Gasteiger partial charge on any atom is -0.299 e. The molecular weight excluding hydrogens is 224 g/mol. The van der Waals surface area contributed by atoms with Crippen molar-refractivity contribution in [2.45, 2.75) is 57.9 Å². The minimum absolute atomic E-state index is 0.238. The van der Waals surface area contributed by atoms with Crippen LogP contribution in [0.2, 0.25) is 0 Å². The maximum Gasteiger partial charge on any atom is 0.136 e. The topological polar surface area (TPSA) is 34.9 Å². The highest BCUT2D eigenvalue weighted by atomic mass is 16.1. The molecule has 0 aromatic carbocycles. The number of ketones is 1. The van der Waals surface area contributed by atoms with Crippen molar-refractivity contribution in [2.24, 2.45) is 11.8 Å². The molecule has 0 radical (unpaired) electrons. The zero-order chi connectivity index (χ0) is 12.5. The fraction of sp³-hybridized carbons (Fsp3) is 0.733. The zero-order valence-corrected chi connectivity index (χ0v) is 11.1. The van der Waals surface area contributed by atoms with Crippen LogP contribution in [0.25, 0.3) is 0 Å². The quantitative estimate of drug-likeness (QED) is 0.821. The van der Waals surface area contributed by atoms with E-state index < -0.39 is 0 Å². The molecule has 2 fully saturated rings. The van der Waals surface area contributed by atoms with E-state index in [1.54, 1.807) is 0 Å². The molecule has 98 valence electrons. The number of hydrogen-bond acceptors (Lipinski definition) is 2. The van der Waals surface area contributed by atoms with Crippen molar-refractivity contribution in [3.63, 3.8) is 0 Å². The van der Waals surface area contributed by atoms with Gasteiger partial charge in [0.15, 0.2) is 0 Å². The molecule has 0 amide bonds. The van der Waals surface area contributed by atoms with Gasteiger partial charge in [-0.15, -0.1) is 0 Å². The second-order valence-electron chi connectivity index (χ2n) is 5.98. The van der Waals surface area contributed by atoms with Gasteiger partial charge in [0, 0.05) is 18.5 Å². The van der Waals surface area contributed by atoms with Crippen molar-refractivity contribution in [3.05, 3.63) is 18.0 Å². The van der Waals surface area contributed by atoms with Crippen LogP contribution in [-0.4, -0.2) is 15.6 Å². The summed E-state index contributed by atoms with van der Waals surface area (Å²) in [5, 5.41) is 4.72. The van der Waals surface area contributed by atoms with Crippen LogP contribution in [0.3, 0.4) is 0 Å². The Morgan fingerprint density at radius 3 is 2.78 bits per heavy atom. The molecule has 18 heavy (non-hydrogen) atoms. The molecule has 3 nitrogen and oxygen atoms in total. The molecule has 1 aromatic rings. The lowest BCUT2D eigenvalue weighted by Gasteiger charge is -2.12. The summed E-state index contributed by atoms with van der Waals surface area (Å²) >= 11 is 0. The van der Waals surface area contributed by atoms with Crippen molar-refractivity contribution in [3.8, 4) is 0 Å². The first kappa shape index (κ1) is 11.9. The summed E-state index contributed by atoms with van der Waals surface area (Å²) in [6.45, 7) is 2.08. The predicted octanol–water partition coefficient (Wildman–Crippen LogP) is 3.16. The fourth-order valence-electron chi connectivity index (χ4n) is 3.47. The van der Waals surface area contributed by atoms with Crippen LogP contribution < -0.4 is 0 Å². The second-order valence-corrected chi connectivity index (χ2v) is 5.98. The van der Waals surface area contributed by atoms with Crippen molar-refractivity contribution >= 4 is 5.78 Å². The van der Waals surface area contributed by atoms with Crippen LogP contribution in [0.1, 0.15) is 57.2 Å². The summed E-state index contributed by atoms with van der Waals surface area (Å²) in [5.74, 6) is 1.20. The first-order chi connectivity index (χ1) is 8.74. The maximum atomic E-state index is 11.6. The van der Waals surface area contributed by atoms with E-state index in [4.69, 9.17) is 5.10 Å². The summed E-state index contributed by atoms with van der Waals surface area (Å²) in [6.07, 6.45) is 10.2.